The summed E-state index contributed by atoms with van der Waals surface area (Å²) in [5.41, 5.74) is 1.43. The van der Waals surface area contributed by atoms with Crippen molar-refractivity contribution in [3.05, 3.63) is 48.5 Å². The zero-order chi connectivity index (χ0) is 24.5. The lowest BCUT2D eigenvalue weighted by Gasteiger charge is -2.23. The molecule has 3 N–H and O–H groups in total. The van der Waals surface area contributed by atoms with Crippen LogP contribution in [0.3, 0.4) is 0 Å². The molecule has 0 saturated heterocycles. The van der Waals surface area contributed by atoms with Gasteiger partial charge in [0.05, 0.1) is 13.7 Å². The van der Waals surface area contributed by atoms with Crippen LogP contribution in [-0.2, 0) is 4.79 Å². The van der Waals surface area contributed by atoms with E-state index in [1.807, 2.05) is 45.0 Å². The maximum absolute atomic E-state index is 13.0. The molecule has 1 heterocycles. The Hall–Kier alpha value is -3.66. The van der Waals surface area contributed by atoms with Crippen LogP contribution in [0.15, 0.2) is 48.5 Å². The van der Waals surface area contributed by atoms with Crippen LogP contribution in [-0.4, -0.2) is 41.9 Å². The average Bonchev–Trinajstić information content (AvgIpc) is 3.32. The number of hydrogen-bond donors (Lipinski definition) is 3. The van der Waals surface area contributed by atoms with Crippen molar-refractivity contribution in [2.45, 2.75) is 33.2 Å². The van der Waals surface area contributed by atoms with Crippen molar-refractivity contribution in [2.75, 3.05) is 24.4 Å². The van der Waals surface area contributed by atoms with Gasteiger partial charge in [-0.3, -0.25) is 10.1 Å². The first-order valence-electron chi connectivity index (χ1n) is 11.0. The Kier molecular flexibility index (Phi) is 8.80. The van der Waals surface area contributed by atoms with E-state index < -0.39 is 12.1 Å². The molecule has 2 atom stereocenters. The van der Waals surface area contributed by atoms with Gasteiger partial charge in [0.2, 0.25) is 11.0 Å². The number of benzene rings is 2. The number of ether oxygens (including phenoxy) is 2. The molecule has 0 aliphatic rings. The Morgan fingerprint density at radius 2 is 1.79 bits per heavy atom. The quantitative estimate of drug-likeness (QED) is 0.382. The highest BCUT2D eigenvalue weighted by Crippen LogP contribution is 2.29. The number of nitrogens with zero attached hydrogens (tertiary/aromatic N) is 2. The maximum atomic E-state index is 13.0. The van der Waals surface area contributed by atoms with Crippen molar-refractivity contribution in [2.24, 2.45) is 5.92 Å². The van der Waals surface area contributed by atoms with E-state index in [1.165, 1.54) is 11.3 Å². The lowest BCUT2D eigenvalue weighted by Crippen LogP contribution is -2.49. The Morgan fingerprint density at radius 3 is 2.47 bits per heavy atom. The van der Waals surface area contributed by atoms with Gasteiger partial charge in [0.1, 0.15) is 22.5 Å². The lowest BCUT2D eigenvalue weighted by molar-refractivity contribution is -0.119. The molecule has 0 aliphatic heterocycles. The zero-order valence-electron chi connectivity index (χ0n) is 19.6. The summed E-state index contributed by atoms with van der Waals surface area (Å²) in [6, 6.07) is 13.2. The fourth-order valence-electron chi connectivity index (χ4n) is 3.14. The second kappa shape index (κ2) is 12.0. The van der Waals surface area contributed by atoms with Gasteiger partial charge in [0.25, 0.3) is 0 Å². The topological polar surface area (TPSA) is 114 Å². The second-order valence-corrected chi connectivity index (χ2v) is 8.53. The standard InChI is InChI=1S/C24H29N5O4S/c1-5-15(3)20(26-23(31)25-17-10-12-18(13-11-17)33-6-2)21(30)27-24-29-28-22(34-24)16-8-7-9-19(14-16)32-4/h7-15,20H,5-6H2,1-4H3,(H2,25,26,31)(H,27,29,30)/t15-,20-/m1/s1. The predicted molar refractivity (Wildman–Crippen MR) is 134 cm³/mol. The maximum Gasteiger partial charge on any atom is 0.319 e. The molecule has 180 valence electrons. The SMILES string of the molecule is CCOc1ccc(NC(=O)N[C@@H](C(=O)Nc2nnc(-c3cccc(OC)c3)s2)[C@H](C)CC)cc1. The van der Waals surface area contributed by atoms with E-state index in [0.717, 1.165) is 11.3 Å². The van der Waals surface area contributed by atoms with Crippen LogP contribution in [0.5, 0.6) is 11.5 Å². The Labute approximate surface area is 202 Å². The second-order valence-electron chi connectivity index (χ2n) is 7.55. The molecular formula is C24H29N5O4S. The van der Waals surface area contributed by atoms with Crippen molar-refractivity contribution in [1.82, 2.24) is 15.5 Å². The van der Waals surface area contributed by atoms with E-state index in [9.17, 15) is 9.59 Å². The molecule has 1 aromatic heterocycles. The molecule has 3 rings (SSSR count). The number of carbonyl (C=O) groups excluding carboxylic acids is 2. The largest absolute Gasteiger partial charge is 0.497 e. The molecule has 9 nitrogen and oxygen atoms in total. The summed E-state index contributed by atoms with van der Waals surface area (Å²) in [5, 5.41) is 17.6. The highest BCUT2D eigenvalue weighted by Gasteiger charge is 2.27. The van der Waals surface area contributed by atoms with Gasteiger partial charge in [-0.15, -0.1) is 10.2 Å². The molecule has 0 unspecified atom stereocenters. The highest BCUT2D eigenvalue weighted by atomic mass is 32.1. The van der Waals surface area contributed by atoms with Crippen LogP contribution >= 0.6 is 11.3 Å². The minimum atomic E-state index is -0.753. The first-order chi connectivity index (χ1) is 16.4. The summed E-state index contributed by atoms with van der Waals surface area (Å²) in [6.45, 7) is 6.34. The Balaban J connectivity index is 1.65. The van der Waals surface area contributed by atoms with Gasteiger partial charge in [-0.05, 0) is 49.2 Å². The number of anilines is 2. The third-order valence-electron chi connectivity index (χ3n) is 5.18. The molecule has 3 aromatic rings. The molecule has 0 aliphatic carbocycles. The fourth-order valence-corrected chi connectivity index (χ4v) is 3.88. The first kappa shape index (κ1) is 25.0. The smallest absolute Gasteiger partial charge is 0.319 e. The van der Waals surface area contributed by atoms with Gasteiger partial charge in [0, 0.05) is 11.3 Å². The molecule has 3 amide bonds. The van der Waals surface area contributed by atoms with E-state index in [1.54, 1.807) is 31.4 Å². The molecule has 2 aromatic carbocycles. The molecular weight excluding hydrogens is 454 g/mol. The third kappa shape index (κ3) is 6.67. The number of urea groups is 1. The molecule has 10 heteroatoms. The van der Waals surface area contributed by atoms with Gasteiger partial charge >= 0.3 is 6.03 Å². The Bertz CT molecular complexity index is 1100. The molecule has 0 saturated carbocycles. The van der Waals surface area contributed by atoms with E-state index in [-0.39, 0.29) is 11.8 Å². The normalized spacial score (nSPS) is 12.4. The van der Waals surface area contributed by atoms with Gasteiger partial charge in [-0.1, -0.05) is 43.7 Å². The van der Waals surface area contributed by atoms with E-state index >= 15 is 0 Å². The van der Waals surface area contributed by atoms with Crippen molar-refractivity contribution in [3.63, 3.8) is 0 Å². The summed E-state index contributed by atoms with van der Waals surface area (Å²) in [4.78, 5) is 25.6. The van der Waals surface area contributed by atoms with E-state index in [0.29, 0.717) is 34.6 Å². The van der Waals surface area contributed by atoms with Crippen LogP contribution in [0, 0.1) is 5.92 Å². The summed E-state index contributed by atoms with van der Waals surface area (Å²) < 4.78 is 10.7. The van der Waals surface area contributed by atoms with Crippen LogP contribution < -0.4 is 25.4 Å². The summed E-state index contributed by atoms with van der Waals surface area (Å²) >= 11 is 1.25. The average molecular weight is 484 g/mol. The minimum Gasteiger partial charge on any atom is -0.497 e. The number of nitrogens with one attached hydrogen (secondary N) is 3. The van der Waals surface area contributed by atoms with Gasteiger partial charge in [-0.2, -0.15) is 0 Å². The molecule has 34 heavy (non-hydrogen) atoms. The molecule has 0 bridgehead atoms. The van der Waals surface area contributed by atoms with Crippen molar-refractivity contribution in [3.8, 4) is 22.1 Å². The highest BCUT2D eigenvalue weighted by molar-refractivity contribution is 7.18. The van der Waals surface area contributed by atoms with Crippen LogP contribution in [0.4, 0.5) is 15.6 Å². The van der Waals surface area contributed by atoms with E-state index in [4.69, 9.17) is 9.47 Å². The first-order valence-corrected chi connectivity index (χ1v) is 11.8. The van der Waals surface area contributed by atoms with Gasteiger partial charge < -0.3 is 20.1 Å². The zero-order valence-corrected chi connectivity index (χ0v) is 20.4. The summed E-state index contributed by atoms with van der Waals surface area (Å²) in [5.74, 6) is 0.968. The van der Waals surface area contributed by atoms with Crippen LogP contribution in [0.2, 0.25) is 0 Å². The monoisotopic (exact) mass is 483 g/mol. The lowest BCUT2D eigenvalue weighted by atomic mass is 9.98. The van der Waals surface area contributed by atoms with E-state index in [2.05, 4.69) is 26.1 Å². The number of rotatable bonds is 10. The molecule has 0 fully saturated rings. The summed E-state index contributed by atoms with van der Waals surface area (Å²) in [7, 11) is 1.60. The number of methoxy groups -OCH3 is 1. The van der Waals surface area contributed by atoms with Crippen molar-refractivity contribution < 1.29 is 19.1 Å². The van der Waals surface area contributed by atoms with Crippen LogP contribution in [0.25, 0.3) is 10.6 Å². The number of aromatic nitrogens is 2. The fraction of sp³-hybridized carbons (Fsp3) is 0.333. The van der Waals surface area contributed by atoms with Gasteiger partial charge in [0.15, 0.2) is 0 Å². The summed E-state index contributed by atoms with van der Waals surface area (Å²) in [6.07, 6.45) is 0.701. The van der Waals surface area contributed by atoms with Crippen LogP contribution in [0.1, 0.15) is 27.2 Å². The number of amides is 3. The third-order valence-corrected chi connectivity index (χ3v) is 6.06. The minimum absolute atomic E-state index is 0.100. The molecule has 0 spiro atoms. The Morgan fingerprint density at radius 1 is 1.03 bits per heavy atom. The number of carbonyl (C=O) groups is 2. The predicted octanol–water partition coefficient (Wildman–Crippen LogP) is 4.79. The van der Waals surface area contributed by atoms with Crippen molar-refractivity contribution >= 4 is 34.1 Å². The van der Waals surface area contributed by atoms with Crippen molar-refractivity contribution in [1.29, 1.82) is 0 Å². The van der Waals surface area contributed by atoms with Gasteiger partial charge in [-0.25, -0.2) is 4.79 Å². The molecule has 0 radical (unpaired) electrons. The number of hydrogen-bond acceptors (Lipinski definition) is 7.